The van der Waals surface area contributed by atoms with Gasteiger partial charge in [-0.3, -0.25) is 9.59 Å². The van der Waals surface area contributed by atoms with E-state index >= 15 is 0 Å². The van der Waals surface area contributed by atoms with Gasteiger partial charge in [0, 0.05) is 31.8 Å². The number of benzene rings is 1. The summed E-state index contributed by atoms with van der Waals surface area (Å²) in [4.78, 5) is 25.1. The Bertz CT molecular complexity index is 834. The average molecular weight is 394 g/mol. The quantitative estimate of drug-likeness (QED) is 0.827. The van der Waals surface area contributed by atoms with Gasteiger partial charge in [0.2, 0.25) is 15.9 Å². The maximum Gasteiger partial charge on any atom is 0.242 e. The second-order valence-corrected chi connectivity index (χ2v) is 9.69. The molecule has 1 unspecified atom stereocenters. The van der Waals surface area contributed by atoms with Crippen LogP contribution in [0.4, 0.5) is 5.69 Å². The fraction of sp³-hybridized carbons (Fsp3) is 0.579. The molecule has 1 N–H and O–H groups in total. The Morgan fingerprint density at radius 2 is 1.81 bits per heavy atom. The monoisotopic (exact) mass is 394 g/mol. The molecule has 0 saturated heterocycles. The van der Waals surface area contributed by atoms with Crippen LogP contribution in [0.1, 0.15) is 32.1 Å². The van der Waals surface area contributed by atoms with Crippen LogP contribution >= 0.6 is 0 Å². The third-order valence-corrected chi connectivity index (χ3v) is 7.44. The third kappa shape index (κ3) is 3.87. The standard InChI is InChI=1S/C19H26N2O5S/c1-21(2)27(24,25)15-7-8-17(26-3)16(11-15)20-19(23)14-9-12-5-4-6-13(10-14)18(12)22/h7-8,11-14H,4-6,9-10H2,1-3H3,(H,20,23)/t12-,13+,14?. The summed E-state index contributed by atoms with van der Waals surface area (Å²) >= 11 is 0. The lowest BCUT2D eigenvalue weighted by Gasteiger charge is -2.37. The van der Waals surface area contributed by atoms with E-state index in [9.17, 15) is 18.0 Å². The number of nitrogens with zero attached hydrogens (tertiary/aromatic N) is 1. The summed E-state index contributed by atoms with van der Waals surface area (Å²) in [5.74, 6) is 0.246. The van der Waals surface area contributed by atoms with Gasteiger partial charge < -0.3 is 10.1 Å². The number of Topliss-reactive ketones (excluding diaryl/α,β-unsaturated/α-hetero) is 1. The molecule has 3 rings (SSSR count). The molecule has 0 spiro atoms. The first-order valence-electron chi connectivity index (χ1n) is 9.19. The molecule has 1 aromatic rings. The molecule has 2 aliphatic carbocycles. The summed E-state index contributed by atoms with van der Waals surface area (Å²) in [7, 11) is 0.752. The number of amides is 1. The van der Waals surface area contributed by atoms with Gasteiger partial charge in [0.1, 0.15) is 11.5 Å². The number of ether oxygens (including phenoxy) is 1. The van der Waals surface area contributed by atoms with E-state index in [1.54, 1.807) is 0 Å². The normalized spacial score (nSPS) is 25.3. The highest BCUT2D eigenvalue weighted by Crippen LogP contribution is 2.40. The van der Waals surface area contributed by atoms with Gasteiger partial charge >= 0.3 is 0 Å². The number of carbonyl (C=O) groups excluding carboxylic acids is 2. The van der Waals surface area contributed by atoms with Gasteiger partial charge in [-0.1, -0.05) is 6.42 Å². The van der Waals surface area contributed by atoms with Crippen LogP contribution in [-0.2, 0) is 19.6 Å². The Hall–Kier alpha value is -1.93. The summed E-state index contributed by atoms with van der Waals surface area (Å²) in [5.41, 5.74) is 0.326. The second kappa shape index (κ2) is 7.59. The summed E-state index contributed by atoms with van der Waals surface area (Å²) in [6.07, 6.45) is 3.91. The van der Waals surface area contributed by atoms with Gasteiger partial charge in [0.05, 0.1) is 17.7 Å². The summed E-state index contributed by atoms with van der Waals surface area (Å²) in [6, 6.07) is 4.40. The van der Waals surface area contributed by atoms with Crippen molar-refractivity contribution in [1.29, 1.82) is 0 Å². The van der Waals surface area contributed by atoms with Gasteiger partial charge in [-0.05, 0) is 43.9 Å². The first kappa shape index (κ1) is 19.8. The Kier molecular flexibility index (Phi) is 5.58. The van der Waals surface area contributed by atoms with Crippen molar-refractivity contribution in [1.82, 2.24) is 4.31 Å². The molecule has 2 fully saturated rings. The molecule has 1 aromatic carbocycles. The molecule has 3 atom stereocenters. The van der Waals surface area contributed by atoms with Gasteiger partial charge in [-0.25, -0.2) is 12.7 Å². The van der Waals surface area contributed by atoms with Crippen LogP contribution in [0.5, 0.6) is 5.75 Å². The van der Waals surface area contributed by atoms with Crippen molar-refractivity contribution in [3.05, 3.63) is 18.2 Å². The molecule has 8 heteroatoms. The SMILES string of the molecule is COc1ccc(S(=O)(=O)N(C)C)cc1NC(=O)C1C[C@H]2CCC[C@@H](C1)C2=O. The maximum absolute atomic E-state index is 12.8. The topological polar surface area (TPSA) is 92.8 Å². The van der Waals surface area contributed by atoms with Crippen molar-refractivity contribution < 1.29 is 22.7 Å². The zero-order chi connectivity index (χ0) is 19.8. The lowest BCUT2D eigenvalue weighted by Crippen LogP contribution is -2.40. The molecule has 0 aromatic heterocycles. The van der Waals surface area contributed by atoms with Crippen LogP contribution in [0.25, 0.3) is 0 Å². The lowest BCUT2D eigenvalue weighted by atomic mass is 9.67. The Morgan fingerprint density at radius 1 is 1.19 bits per heavy atom. The van der Waals surface area contributed by atoms with Crippen molar-refractivity contribution in [2.75, 3.05) is 26.5 Å². The number of fused-ring (bicyclic) bond motifs is 2. The van der Waals surface area contributed by atoms with Crippen LogP contribution in [0.15, 0.2) is 23.1 Å². The van der Waals surface area contributed by atoms with E-state index in [1.165, 1.54) is 39.4 Å². The number of rotatable bonds is 5. The van der Waals surface area contributed by atoms with E-state index in [4.69, 9.17) is 4.74 Å². The van der Waals surface area contributed by atoms with Crippen molar-refractivity contribution in [3.8, 4) is 5.75 Å². The van der Waals surface area contributed by atoms with Gasteiger partial charge in [0.25, 0.3) is 0 Å². The van der Waals surface area contributed by atoms with Crippen molar-refractivity contribution in [3.63, 3.8) is 0 Å². The number of ketones is 1. The first-order valence-corrected chi connectivity index (χ1v) is 10.6. The summed E-state index contributed by atoms with van der Waals surface area (Å²) in [6.45, 7) is 0. The van der Waals surface area contributed by atoms with Crippen molar-refractivity contribution in [2.24, 2.45) is 17.8 Å². The second-order valence-electron chi connectivity index (χ2n) is 7.53. The lowest BCUT2D eigenvalue weighted by molar-refractivity contribution is -0.136. The highest BCUT2D eigenvalue weighted by atomic mass is 32.2. The van der Waals surface area contributed by atoms with Gasteiger partial charge in [-0.2, -0.15) is 0 Å². The number of hydrogen-bond acceptors (Lipinski definition) is 5. The van der Waals surface area contributed by atoms with Gasteiger partial charge in [0.15, 0.2) is 0 Å². The third-order valence-electron chi connectivity index (χ3n) is 5.63. The molecule has 7 nitrogen and oxygen atoms in total. The molecule has 0 radical (unpaired) electrons. The number of carbonyl (C=O) groups is 2. The van der Waals surface area contributed by atoms with Crippen LogP contribution < -0.4 is 10.1 Å². The fourth-order valence-corrected chi connectivity index (χ4v) is 5.01. The zero-order valence-electron chi connectivity index (χ0n) is 15.9. The molecule has 2 aliphatic rings. The Morgan fingerprint density at radius 3 is 2.37 bits per heavy atom. The molecule has 0 heterocycles. The van der Waals surface area contributed by atoms with E-state index in [0.717, 1.165) is 23.6 Å². The van der Waals surface area contributed by atoms with Crippen LogP contribution in [0.3, 0.4) is 0 Å². The molecule has 2 saturated carbocycles. The van der Waals surface area contributed by atoms with E-state index in [-0.39, 0.29) is 28.6 Å². The number of sulfonamides is 1. The fourth-order valence-electron chi connectivity index (χ4n) is 4.08. The molecular formula is C19H26N2O5S. The summed E-state index contributed by atoms with van der Waals surface area (Å²) < 4.78 is 31.1. The van der Waals surface area contributed by atoms with E-state index in [1.807, 2.05) is 0 Å². The molecular weight excluding hydrogens is 368 g/mol. The maximum atomic E-state index is 12.8. The van der Waals surface area contributed by atoms with E-state index < -0.39 is 10.0 Å². The highest BCUT2D eigenvalue weighted by Gasteiger charge is 2.41. The van der Waals surface area contributed by atoms with Crippen molar-refractivity contribution in [2.45, 2.75) is 37.0 Å². The molecule has 2 bridgehead atoms. The largest absolute Gasteiger partial charge is 0.495 e. The molecule has 0 aliphatic heterocycles. The number of nitrogens with one attached hydrogen (secondary N) is 1. The summed E-state index contributed by atoms with van der Waals surface area (Å²) in [5, 5.41) is 2.83. The highest BCUT2D eigenvalue weighted by molar-refractivity contribution is 7.89. The number of hydrogen-bond donors (Lipinski definition) is 1. The molecule has 1 amide bonds. The molecule has 27 heavy (non-hydrogen) atoms. The predicted octanol–water partition coefficient (Wildman–Crippen LogP) is 2.28. The minimum absolute atomic E-state index is 0.0180. The van der Waals surface area contributed by atoms with Crippen LogP contribution in [0.2, 0.25) is 0 Å². The number of methoxy groups -OCH3 is 1. The number of anilines is 1. The average Bonchev–Trinajstić information content (AvgIpc) is 2.61. The Labute approximate surface area is 160 Å². The van der Waals surface area contributed by atoms with Crippen LogP contribution in [-0.4, -0.2) is 45.6 Å². The van der Waals surface area contributed by atoms with Crippen LogP contribution in [0, 0.1) is 17.8 Å². The predicted molar refractivity (Wildman–Crippen MR) is 101 cm³/mol. The zero-order valence-corrected chi connectivity index (χ0v) is 16.7. The first-order chi connectivity index (χ1) is 12.7. The van der Waals surface area contributed by atoms with Crippen molar-refractivity contribution >= 4 is 27.4 Å². The minimum Gasteiger partial charge on any atom is -0.495 e. The van der Waals surface area contributed by atoms with E-state index in [2.05, 4.69) is 5.32 Å². The Balaban J connectivity index is 1.82. The van der Waals surface area contributed by atoms with Gasteiger partial charge in [-0.15, -0.1) is 0 Å². The van der Waals surface area contributed by atoms with E-state index in [0.29, 0.717) is 30.1 Å². The smallest absolute Gasteiger partial charge is 0.242 e. The molecule has 148 valence electrons. The minimum atomic E-state index is -3.62.